The third-order valence-electron chi connectivity index (χ3n) is 6.24. The Morgan fingerprint density at radius 3 is 2.53 bits per heavy atom. The number of hydrogen-bond acceptors (Lipinski definition) is 5. The predicted octanol–water partition coefficient (Wildman–Crippen LogP) is 4.25. The maximum absolute atomic E-state index is 13.2. The fourth-order valence-corrected chi connectivity index (χ4v) is 4.70. The lowest BCUT2D eigenvalue weighted by molar-refractivity contribution is -0.137. The van der Waals surface area contributed by atoms with Crippen LogP contribution < -0.4 is 4.74 Å². The molecule has 168 valence electrons. The number of aliphatic hydroxyl groups is 1. The van der Waals surface area contributed by atoms with Crippen LogP contribution in [0.5, 0.6) is 5.88 Å². The first-order chi connectivity index (χ1) is 15.4. The molecule has 1 aliphatic heterocycles. The quantitative estimate of drug-likeness (QED) is 0.654. The lowest BCUT2D eigenvalue weighted by Crippen LogP contribution is -2.25. The van der Waals surface area contributed by atoms with Crippen LogP contribution >= 0.6 is 0 Å². The first-order valence-electron chi connectivity index (χ1n) is 10.8. The Kier molecular flexibility index (Phi) is 5.36. The summed E-state index contributed by atoms with van der Waals surface area (Å²) < 4.78 is 47.6. The molecule has 1 aromatic carbocycles. The van der Waals surface area contributed by atoms with Gasteiger partial charge in [0.1, 0.15) is 17.8 Å². The van der Waals surface area contributed by atoms with Gasteiger partial charge in [0, 0.05) is 31.0 Å². The molecule has 2 aromatic heterocycles. The topological polar surface area (TPSA) is 73.1 Å². The predicted molar refractivity (Wildman–Crippen MR) is 110 cm³/mol. The number of pyridine rings is 1. The normalized spacial score (nSPS) is 23.2. The number of benzene rings is 1. The Labute approximate surface area is 183 Å². The molecule has 32 heavy (non-hydrogen) atoms. The third kappa shape index (κ3) is 4.09. The Balaban J connectivity index is 1.41. The van der Waals surface area contributed by atoms with Crippen LogP contribution in [0.3, 0.4) is 0 Å². The Bertz CT molecular complexity index is 1090. The summed E-state index contributed by atoms with van der Waals surface area (Å²) in [4.78, 5) is 4.21. The smallest absolute Gasteiger partial charge is 0.416 e. The van der Waals surface area contributed by atoms with Crippen LogP contribution in [-0.4, -0.2) is 37.1 Å². The molecule has 6 nitrogen and oxygen atoms in total. The minimum atomic E-state index is -4.43. The number of aliphatic hydroxyl groups excluding tert-OH is 1. The SMILES string of the molecule is OC1Cc2cc(C(F)(F)F)ccc2-n2c(nnc2C2CCC(Oc3ccccn3)CC2)C1. The molecule has 1 saturated carbocycles. The first-order valence-corrected chi connectivity index (χ1v) is 10.8. The second-order valence-electron chi connectivity index (χ2n) is 8.47. The van der Waals surface area contributed by atoms with Gasteiger partial charge in [-0.1, -0.05) is 6.07 Å². The van der Waals surface area contributed by atoms with Gasteiger partial charge in [-0.2, -0.15) is 13.2 Å². The number of nitrogens with zero attached hydrogens (tertiary/aromatic N) is 4. The molecule has 1 aliphatic carbocycles. The molecule has 2 aliphatic rings. The van der Waals surface area contributed by atoms with E-state index in [1.165, 1.54) is 6.07 Å². The van der Waals surface area contributed by atoms with Gasteiger partial charge in [0.15, 0.2) is 0 Å². The molecule has 1 fully saturated rings. The average Bonchev–Trinajstić information content (AvgIpc) is 3.11. The minimum Gasteiger partial charge on any atom is -0.474 e. The van der Waals surface area contributed by atoms with Gasteiger partial charge in [-0.3, -0.25) is 4.57 Å². The molecular formula is C23H23F3N4O2. The van der Waals surface area contributed by atoms with Crippen molar-refractivity contribution in [1.82, 2.24) is 19.7 Å². The molecular weight excluding hydrogens is 421 g/mol. The first kappa shape index (κ1) is 20.9. The van der Waals surface area contributed by atoms with Crippen molar-refractivity contribution in [1.29, 1.82) is 0 Å². The highest BCUT2D eigenvalue weighted by atomic mass is 19.4. The van der Waals surface area contributed by atoms with Crippen molar-refractivity contribution in [2.24, 2.45) is 0 Å². The van der Waals surface area contributed by atoms with E-state index in [1.54, 1.807) is 6.20 Å². The number of halogens is 3. The van der Waals surface area contributed by atoms with Crippen LogP contribution in [0.4, 0.5) is 13.2 Å². The van der Waals surface area contributed by atoms with Crippen molar-refractivity contribution in [2.45, 2.75) is 62.8 Å². The second kappa shape index (κ2) is 8.20. The van der Waals surface area contributed by atoms with E-state index in [4.69, 9.17) is 4.74 Å². The molecule has 1 unspecified atom stereocenters. The molecule has 0 saturated heterocycles. The molecule has 0 spiro atoms. The molecule has 0 bridgehead atoms. The summed E-state index contributed by atoms with van der Waals surface area (Å²) in [6.07, 6.45) is 0.224. The summed E-state index contributed by atoms with van der Waals surface area (Å²) in [5.74, 6) is 2.05. The number of rotatable bonds is 3. The van der Waals surface area contributed by atoms with Crippen LogP contribution in [-0.2, 0) is 19.0 Å². The van der Waals surface area contributed by atoms with Crippen LogP contribution in [0.1, 0.15) is 54.4 Å². The van der Waals surface area contributed by atoms with Gasteiger partial charge in [-0.15, -0.1) is 10.2 Å². The third-order valence-corrected chi connectivity index (χ3v) is 6.24. The molecule has 0 amide bonds. The number of hydrogen-bond donors (Lipinski definition) is 1. The van der Waals surface area contributed by atoms with Gasteiger partial charge >= 0.3 is 6.18 Å². The zero-order valence-electron chi connectivity index (χ0n) is 17.3. The van der Waals surface area contributed by atoms with Crippen LogP contribution in [0, 0.1) is 0 Å². The van der Waals surface area contributed by atoms with E-state index in [2.05, 4.69) is 15.2 Å². The maximum atomic E-state index is 13.2. The maximum Gasteiger partial charge on any atom is 0.416 e. The number of aromatic nitrogens is 4. The number of alkyl halides is 3. The number of ether oxygens (including phenoxy) is 1. The summed E-state index contributed by atoms with van der Waals surface area (Å²) >= 11 is 0. The summed E-state index contributed by atoms with van der Waals surface area (Å²) in [6.45, 7) is 0. The highest BCUT2D eigenvalue weighted by molar-refractivity contribution is 5.47. The van der Waals surface area contributed by atoms with Gasteiger partial charge in [0.2, 0.25) is 5.88 Å². The van der Waals surface area contributed by atoms with Gasteiger partial charge in [0.05, 0.1) is 17.4 Å². The highest BCUT2D eigenvalue weighted by Gasteiger charge is 2.34. The van der Waals surface area contributed by atoms with Crippen molar-refractivity contribution in [2.75, 3.05) is 0 Å². The van der Waals surface area contributed by atoms with Crippen molar-refractivity contribution >= 4 is 0 Å². The standard InChI is InChI=1S/C23H23F3N4O2/c24-23(25,26)16-6-9-19-15(11-16)12-17(31)13-20-28-29-22(30(19)20)14-4-7-18(8-5-14)32-21-3-1-2-10-27-21/h1-3,6,9-11,14,17-18,31H,4-5,7-8,12-13H2. The molecule has 1 N–H and O–H groups in total. The fraction of sp³-hybridized carbons (Fsp3) is 0.435. The monoisotopic (exact) mass is 444 g/mol. The summed E-state index contributed by atoms with van der Waals surface area (Å²) in [5.41, 5.74) is 0.365. The summed E-state index contributed by atoms with van der Waals surface area (Å²) in [6, 6.07) is 9.25. The molecule has 3 heterocycles. The van der Waals surface area contributed by atoms with Crippen molar-refractivity contribution in [3.8, 4) is 11.6 Å². The molecule has 5 rings (SSSR count). The van der Waals surface area contributed by atoms with E-state index >= 15 is 0 Å². The highest BCUT2D eigenvalue weighted by Crippen LogP contribution is 2.38. The summed E-state index contributed by atoms with van der Waals surface area (Å²) in [7, 11) is 0. The van der Waals surface area contributed by atoms with E-state index in [0.717, 1.165) is 43.6 Å². The van der Waals surface area contributed by atoms with E-state index in [0.29, 0.717) is 23.0 Å². The average molecular weight is 444 g/mol. The van der Waals surface area contributed by atoms with Gasteiger partial charge in [-0.05, 0) is 55.5 Å². The molecule has 9 heteroatoms. The van der Waals surface area contributed by atoms with Gasteiger partial charge in [-0.25, -0.2) is 4.98 Å². The minimum absolute atomic E-state index is 0.0659. The van der Waals surface area contributed by atoms with Crippen LogP contribution in [0.2, 0.25) is 0 Å². The van der Waals surface area contributed by atoms with E-state index in [1.807, 2.05) is 22.8 Å². The zero-order valence-corrected chi connectivity index (χ0v) is 17.3. The van der Waals surface area contributed by atoms with Crippen molar-refractivity contribution < 1.29 is 23.0 Å². The number of fused-ring (bicyclic) bond motifs is 3. The van der Waals surface area contributed by atoms with E-state index in [-0.39, 0.29) is 24.9 Å². The summed E-state index contributed by atoms with van der Waals surface area (Å²) in [5, 5.41) is 19.1. The Hall–Kier alpha value is -2.94. The lowest BCUT2D eigenvalue weighted by atomic mass is 9.86. The van der Waals surface area contributed by atoms with Crippen molar-refractivity contribution in [3.63, 3.8) is 0 Å². The molecule has 1 atom stereocenters. The lowest BCUT2D eigenvalue weighted by Gasteiger charge is -2.28. The van der Waals surface area contributed by atoms with Crippen molar-refractivity contribution in [3.05, 3.63) is 65.4 Å². The van der Waals surface area contributed by atoms with Crippen LogP contribution in [0.15, 0.2) is 42.6 Å². The Morgan fingerprint density at radius 2 is 1.81 bits per heavy atom. The largest absolute Gasteiger partial charge is 0.474 e. The molecule has 3 aromatic rings. The van der Waals surface area contributed by atoms with E-state index < -0.39 is 17.8 Å². The van der Waals surface area contributed by atoms with Gasteiger partial charge < -0.3 is 9.84 Å². The second-order valence-corrected chi connectivity index (χ2v) is 8.47. The van der Waals surface area contributed by atoms with Gasteiger partial charge in [0.25, 0.3) is 0 Å². The molecule has 0 radical (unpaired) electrons. The zero-order chi connectivity index (χ0) is 22.3. The Morgan fingerprint density at radius 1 is 1.00 bits per heavy atom. The van der Waals surface area contributed by atoms with Crippen LogP contribution in [0.25, 0.3) is 5.69 Å². The fourth-order valence-electron chi connectivity index (χ4n) is 4.70. The van der Waals surface area contributed by atoms with E-state index in [9.17, 15) is 18.3 Å².